The highest BCUT2D eigenvalue weighted by molar-refractivity contribution is 6.33. The molecular formula is C17H15ClN4O2. The van der Waals surface area contributed by atoms with E-state index in [0.717, 1.165) is 0 Å². The molecular weight excluding hydrogens is 328 g/mol. The van der Waals surface area contributed by atoms with Gasteiger partial charge in [-0.15, -0.1) is 0 Å². The molecule has 1 aliphatic heterocycles. The smallest absolute Gasteiger partial charge is 0.410 e. The summed E-state index contributed by atoms with van der Waals surface area (Å²) in [6.07, 6.45) is 1.14. The highest BCUT2D eigenvalue weighted by Gasteiger charge is 2.24. The Morgan fingerprint density at radius 1 is 1.21 bits per heavy atom. The zero-order valence-electron chi connectivity index (χ0n) is 12.9. The van der Waals surface area contributed by atoms with Gasteiger partial charge in [-0.1, -0.05) is 29.8 Å². The number of aromatic nitrogens is 1. The number of carbonyl (C=O) groups is 1. The Balaban J connectivity index is 1.60. The van der Waals surface area contributed by atoms with Crippen molar-refractivity contribution in [3.8, 4) is 11.8 Å². The first-order chi connectivity index (χ1) is 11.7. The van der Waals surface area contributed by atoms with Gasteiger partial charge in [0.15, 0.2) is 0 Å². The molecule has 0 radical (unpaired) electrons. The molecule has 3 rings (SSSR count). The van der Waals surface area contributed by atoms with Crippen LogP contribution < -0.4 is 9.64 Å². The molecule has 2 heterocycles. The molecule has 1 fully saturated rings. The van der Waals surface area contributed by atoms with E-state index in [1.807, 2.05) is 29.2 Å². The van der Waals surface area contributed by atoms with E-state index < -0.39 is 0 Å². The average Bonchev–Trinajstić information content (AvgIpc) is 2.62. The maximum atomic E-state index is 12.2. The summed E-state index contributed by atoms with van der Waals surface area (Å²) < 4.78 is 5.34. The Kier molecular flexibility index (Phi) is 4.82. The van der Waals surface area contributed by atoms with E-state index >= 15 is 0 Å². The summed E-state index contributed by atoms with van der Waals surface area (Å²) in [4.78, 5) is 20.1. The van der Waals surface area contributed by atoms with Crippen molar-refractivity contribution >= 4 is 23.5 Å². The van der Waals surface area contributed by atoms with Crippen LogP contribution in [0, 0.1) is 11.3 Å². The van der Waals surface area contributed by atoms with Gasteiger partial charge in [-0.25, -0.2) is 9.78 Å². The summed E-state index contributed by atoms with van der Waals surface area (Å²) in [5.41, 5.74) is 0.425. The highest BCUT2D eigenvalue weighted by atomic mass is 35.5. The third kappa shape index (κ3) is 3.58. The fraction of sp³-hybridized carbons (Fsp3) is 0.235. The fourth-order valence-corrected chi connectivity index (χ4v) is 2.77. The number of rotatable bonds is 2. The number of benzene rings is 1. The van der Waals surface area contributed by atoms with E-state index in [-0.39, 0.29) is 6.09 Å². The predicted molar refractivity (Wildman–Crippen MR) is 90.2 cm³/mol. The van der Waals surface area contributed by atoms with E-state index in [4.69, 9.17) is 21.6 Å². The lowest BCUT2D eigenvalue weighted by Crippen LogP contribution is -2.50. The number of nitriles is 1. The Bertz CT molecular complexity index is 768. The number of ether oxygens (including phenoxy) is 1. The zero-order valence-corrected chi connectivity index (χ0v) is 13.6. The third-order valence-corrected chi connectivity index (χ3v) is 4.01. The average molecular weight is 343 g/mol. The van der Waals surface area contributed by atoms with Crippen LogP contribution in [0.5, 0.6) is 5.75 Å². The lowest BCUT2D eigenvalue weighted by molar-refractivity contribution is 0.149. The van der Waals surface area contributed by atoms with Crippen molar-refractivity contribution in [2.75, 3.05) is 31.1 Å². The number of pyridine rings is 1. The predicted octanol–water partition coefficient (Wildman–Crippen LogP) is 2.93. The van der Waals surface area contributed by atoms with Crippen LogP contribution in [0.1, 0.15) is 5.56 Å². The van der Waals surface area contributed by atoms with Gasteiger partial charge in [0.2, 0.25) is 0 Å². The number of anilines is 1. The number of piperazine rings is 1. The second kappa shape index (κ2) is 7.20. The monoisotopic (exact) mass is 342 g/mol. The molecule has 7 heteroatoms. The van der Waals surface area contributed by atoms with Gasteiger partial charge in [-0.2, -0.15) is 5.26 Å². The Labute approximate surface area is 144 Å². The van der Waals surface area contributed by atoms with Crippen molar-refractivity contribution in [1.29, 1.82) is 5.26 Å². The van der Waals surface area contributed by atoms with Gasteiger partial charge in [-0.05, 0) is 18.2 Å². The number of para-hydroxylation sites is 1. The number of hydrogen-bond donors (Lipinski definition) is 0. The molecule has 1 aromatic carbocycles. The zero-order chi connectivity index (χ0) is 16.9. The summed E-state index contributed by atoms with van der Waals surface area (Å²) in [5, 5.41) is 9.30. The van der Waals surface area contributed by atoms with Crippen molar-refractivity contribution in [3.05, 3.63) is 53.2 Å². The van der Waals surface area contributed by atoms with Crippen molar-refractivity contribution < 1.29 is 9.53 Å². The molecule has 0 saturated carbocycles. The maximum absolute atomic E-state index is 12.2. The molecule has 0 bridgehead atoms. The number of amides is 1. The molecule has 0 atom stereocenters. The second-order valence-corrected chi connectivity index (χ2v) is 5.70. The largest absolute Gasteiger partial charge is 0.415 e. The first-order valence-corrected chi connectivity index (χ1v) is 7.87. The first kappa shape index (κ1) is 16.1. The van der Waals surface area contributed by atoms with Crippen LogP contribution in [-0.2, 0) is 0 Å². The van der Waals surface area contributed by atoms with Crippen LogP contribution in [0.4, 0.5) is 10.6 Å². The van der Waals surface area contributed by atoms with Gasteiger partial charge in [0.05, 0.1) is 10.6 Å². The summed E-state index contributed by atoms with van der Waals surface area (Å²) >= 11 is 6.19. The molecule has 1 aromatic heterocycles. The Morgan fingerprint density at radius 2 is 1.92 bits per heavy atom. The summed E-state index contributed by atoms with van der Waals surface area (Å²) in [5.74, 6) is 1.16. The molecule has 6 nitrogen and oxygen atoms in total. The molecule has 0 N–H and O–H groups in total. The number of carbonyl (C=O) groups excluding carboxylic acids is 1. The summed E-state index contributed by atoms with van der Waals surface area (Å²) in [7, 11) is 0. The summed E-state index contributed by atoms with van der Waals surface area (Å²) in [6.45, 7) is 2.23. The first-order valence-electron chi connectivity index (χ1n) is 7.50. The molecule has 1 aliphatic rings. The fourth-order valence-electron chi connectivity index (χ4n) is 2.48. The molecule has 122 valence electrons. The van der Waals surface area contributed by atoms with Gasteiger partial charge in [0.1, 0.15) is 17.6 Å². The Hall–Kier alpha value is -2.78. The number of hydrogen-bond acceptors (Lipinski definition) is 5. The molecule has 0 aliphatic carbocycles. The van der Waals surface area contributed by atoms with Gasteiger partial charge < -0.3 is 14.5 Å². The van der Waals surface area contributed by atoms with Crippen molar-refractivity contribution in [1.82, 2.24) is 9.88 Å². The number of halogens is 1. The molecule has 1 amide bonds. The normalized spacial score (nSPS) is 14.2. The number of nitrogens with zero attached hydrogens (tertiary/aromatic N) is 4. The van der Waals surface area contributed by atoms with Crippen molar-refractivity contribution in [2.24, 2.45) is 0 Å². The van der Waals surface area contributed by atoms with E-state index in [2.05, 4.69) is 4.98 Å². The van der Waals surface area contributed by atoms with E-state index in [1.54, 1.807) is 23.1 Å². The lowest BCUT2D eigenvalue weighted by atomic mass is 10.2. The lowest BCUT2D eigenvalue weighted by Gasteiger charge is -2.35. The minimum Gasteiger partial charge on any atom is -0.410 e. The standard InChI is InChI=1S/C17H15ClN4O2/c18-15-10-13(11-19)12-20-16(15)21-6-8-22(9-7-21)17(23)24-14-4-2-1-3-5-14/h1-5,10,12H,6-9H2. The van der Waals surface area contributed by atoms with Gasteiger partial charge in [0, 0.05) is 32.4 Å². The molecule has 2 aromatic rings. The Morgan fingerprint density at radius 3 is 2.54 bits per heavy atom. The highest BCUT2D eigenvalue weighted by Crippen LogP contribution is 2.25. The minimum absolute atomic E-state index is 0.361. The second-order valence-electron chi connectivity index (χ2n) is 5.30. The SMILES string of the molecule is N#Cc1cnc(N2CCN(C(=O)Oc3ccccc3)CC2)c(Cl)c1. The van der Waals surface area contributed by atoms with Crippen LogP contribution in [0.25, 0.3) is 0 Å². The van der Waals surface area contributed by atoms with Crippen molar-refractivity contribution in [2.45, 2.75) is 0 Å². The molecule has 1 saturated heterocycles. The quantitative estimate of drug-likeness (QED) is 0.839. The van der Waals surface area contributed by atoms with Crippen LogP contribution in [0.3, 0.4) is 0 Å². The van der Waals surface area contributed by atoms with Crippen LogP contribution in [0.15, 0.2) is 42.6 Å². The van der Waals surface area contributed by atoms with Crippen LogP contribution >= 0.6 is 11.6 Å². The van der Waals surface area contributed by atoms with Gasteiger partial charge >= 0.3 is 6.09 Å². The van der Waals surface area contributed by atoms with Gasteiger partial charge in [-0.3, -0.25) is 0 Å². The van der Waals surface area contributed by atoms with Crippen LogP contribution in [0.2, 0.25) is 5.02 Å². The minimum atomic E-state index is -0.361. The third-order valence-electron chi connectivity index (χ3n) is 3.74. The maximum Gasteiger partial charge on any atom is 0.415 e. The molecule has 0 spiro atoms. The van der Waals surface area contributed by atoms with Crippen LogP contribution in [-0.4, -0.2) is 42.2 Å². The topological polar surface area (TPSA) is 69.5 Å². The molecule has 0 unspecified atom stereocenters. The van der Waals surface area contributed by atoms with E-state index in [1.165, 1.54) is 6.20 Å². The summed E-state index contributed by atoms with van der Waals surface area (Å²) in [6, 6.07) is 12.6. The molecule has 24 heavy (non-hydrogen) atoms. The van der Waals surface area contributed by atoms with E-state index in [0.29, 0.717) is 48.3 Å². The van der Waals surface area contributed by atoms with Gasteiger partial charge in [0.25, 0.3) is 0 Å². The van der Waals surface area contributed by atoms with E-state index in [9.17, 15) is 4.79 Å². The van der Waals surface area contributed by atoms with Crippen molar-refractivity contribution in [3.63, 3.8) is 0 Å².